The average Bonchev–Trinajstić information content (AvgIpc) is 2.79. The lowest BCUT2D eigenvalue weighted by Crippen LogP contribution is -2.19. The molecule has 1 aromatic heterocycles. The number of carbonyl (C=O) groups is 2. The van der Waals surface area contributed by atoms with E-state index in [9.17, 15) is 14.0 Å². The highest BCUT2D eigenvalue weighted by atomic mass is 19.1. The third-order valence-electron chi connectivity index (χ3n) is 2.89. The summed E-state index contributed by atoms with van der Waals surface area (Å²) in [7, 11) is 0. The zero-order valence-corrected chi connectivity index (χ0v) is 11.6. The highest BCUT2D eigenvalue weighted by Crippen LogP contribution is 2.18. The second-order valence-electron chi connectivity index (χ2n) is 4.44. The van der Waals surface area contributed by atoms with Crippen LogP contribution in [0.1, 0.15) is 33.5 Å². The van der Waals surface area contributed by atoms with E-state index in [1.807, 2.05) is 6.92 Å². The van der Waals surface area contributed by atoms with Crippen LogP contribution in [0.15, 0.2) is 24.3 Å². The number of carbonyl (C=O) groups excluding carboxylic acids is 1. The summed E-state index contributed by atoms with van der Waals surface area (Å²) in [5.74, 6) is -2.41. The first-order valence-electron chi connectivity index (χ1n) is 6.31. The molecule has 21 heavy (non-hydrogen) atoms. The molecule has 2 rings (SSSR count). The smallest absolute Gasteiger partial charge is 0.337 e. The van der Waals surface area contributed by atoms with Crippen molar-refractivity contribution in [3.05, 3.63) is 47.0 Å². The number of nitrogens with zero attached hydrogens (tertiary/aromatic N) is 2. The zero-order chi connectivity index (χ0) is 15.6. The fourth-order valence-electron chi connectivity index (χ4n) is 1.96. The standard InChI is InChI=1S/C14H14FN3O3/c1-3-18-12(6-8(2)17-18)13(19)16-11-7-9(15)4-5-10(11)14(20)21/h4-7H,3H2,1-2H3,(H,16,19)(H,20,21). The molecule has 0 spiro atoms. The van der Waals surface area contributed by atoms with E-state index in [1.54, 1.807) is 13.0 Å². The topological polar surface area (TPSA) is 84.2 Å². The first-order valence-corrected chi connectivity index (χ1v) is 6.31. The molecule has 0 unspecified atom stereocenters. The Morgan fingerprint density at radius 2 is 2.10 bits per heavy atom. The number of benzene rings is 1. The van der Waals surface area contributed by atoms with Crippen molar-refractivity contribution in [3.63, 3.8) is 0 Å². The molecule has 2 aromatic rings. The zero-order valence-electron chi connectivity index (χ0n) is 11.6. The van der Waals surface area contributed by atoms with E-state index in [1.165, 1.54) is 4.68 Å². The van der Waals surface area contributed by atoms with Crippen LogP contribution in [0.2, 0.25) is 0 Å². The third kappa shape index (κ3) is 3.07. The summed E-state index contributed by atoms with van der Waals surface area (Å²) in [5, 5.41) is 15.6. The van der Waals surface area contributed by atoms with Gasteiger partial charge in [0.2, 0.25) is 0 Å². The van der Waals surface area contributed by atoms with E-state index < -0.39 is 17.7 Å². The van der Waals surface area contributed by atoms with Gasteiger partial charge in [-0.3, -0.25) is 9.48 Å². The molecule has 0 saturated heterocycles. The average molecular weight is 291 g/mol. The van der Waals surface area contributed by atoms with Gasteiger partial charge < -0.3 is 10.4 Å². The van der Waals surface area contributed by atoms with Gasteiger partial charge in [-0.15, -0.1) is 0 Å². The summed E-state index contributed by atoms with van der Waals surface area (Å²) in [6.07, 6.45) is 0. The molecule has 6 nitrogen and oxygen atoms in total. The van der Waals surface area contributed by atoms with Gasteiger partial charge in [0.1, 0.15) is 11.5 Å². The van der Waals surface area contributed by atoms with E-state index in [0.29, 0.717) is 12.2 Å². The number of carboxylic acids is 1. The predicted molar refractivity (Wildman–Crippen MR) is 74.0 cm³/mol. The Bertz CT molecular complexity index is 709. The van der Waals surface area contributed by atoms with Crippen LogP contribution in [-0.2, 0) is 6.54 Å². The molecule has 1 amide bonds. The van der Waals surface area contributed by atoms with Gasteiger partial charge in [-0.25, -0.2) is 9.18 Å². The van der Waals surface area contributed by atoms with Gasteiger partial charge in [0.15, 0.2) is 0 Å². The molecule has 1 heterocycles. The summed E-state index contributed by atoms with van der Waals surface area (Å²) in [5.41, 5.74) is 0.688. The monoisotopic (exact) mass is 291 g/mol. The number of halogens is 1. The Labute approximate surface area is 120 Å². The molecule has 0 aliphatic rings. The molecular formula is C14H14FN3O3. The summed E-state index contributed by atoms with van der Waals surface area (Å²) in [4.78, 5) is 23.3. The molecule has 0 fully saturated rings. The molecule has 110 valence electrons. The van der Waals surface area contributed by atoms with Crippen LogP contribution < -0.4 is 5.32 Å². The van der Waals surface area contributed by atoms with Gasteiger partial charge in [0, 0.05) is 6.54 Å². The molecule has 0 saturated carbocycles. The molecule has 0 atom stereocenters. The number of aromatic nitrogens is 2. The SMILES string of the molecule is CCn1nc(C)cc1C(=O)Nc1cc(F)ccc1C(=O)O. The van der Waals surface area contributed by atoms with Crippen molar-refractivity contribution < 1.29 is 19.1 Å². The fourth-order valence-corrected chi connectivity index (χ4v) is 1.96. The van der Waals surface area contributed by atoms with Crippen molar-refractivity contribution in [2.75, 3.05) is 5.32 Å². The van der Waals surface area contributed by atoms with Crippen molar-refractivity contribution in [2.45, 2.75) is 20.4 Å². The summed E-state index contributed by atoms with van der Waals surface area (Å²) in [6, 6.07) is 4.69. The van der Waals surface area contributed by atoms with Gasteiger partial charge in [0.05, 0.1) is 16.9 Å². The lowest BCUT2D eigenvalue weighted by atomic mass is 10.1. The number of amides is 1. The molecule has 1 aromatic carbocycles. The minimum atomic E-state index is -1.24. The number of aryl methyl sites for hydroxylation is 2. The number of rotatable bonds is 4. The van der Waals surface area contributed by atoms with E-state index >= 15 is 0 Å². The van der Waals surface area contributed by atoms with E-state index in [-0.39, 0.29) is 16.9 Å². The second kappa shape index (κ2) is 5.74. The van der Waals surface area contributed by atoms with Crippen LogP contribution >= 0.6 is 0 Å². The van der Waals surface area contributed by atoms with Gasteiger partial charge in [0.25, 0.3) is 5.91 Å². The van der Waals surface area contributed by atoms with Crippen LogP contribution in [0, 0.1) is 12.7 Å². The number of carboxylic acid groups (broad SMARTS) is 1. The molecule has 0 aliphatic carbocycles. The third-order valence-corrected chi connectivity index (χ3v) is 2.89. The number of anilines is 1. The molecule has 2 N–H and O–H groups in total. The number of aromatic carboxylic acids is 1. The predicted octanol–water partition coefficient (Wildman–Crippen LogP) is 2.30. The minimum absolute atomic E-state index is 0.0889. The lowest BCUT2D eigenvalue weighted by molar-refractivity contribution is 0.0698. The van der Waals surface area contributed by atoms with E-state index in [0.717, 1.165) is 18.2 Å². The Hall–Kier alpha value is -2.70. The minimum Gasteiger partial charge on any atom is -0.478 e. The highest BCUT2D eigenvalue weighted by Gasteiger charge is 2.17. The highest BCUT2D eigenvalue weighted by molar-refractivity contribution is 6.06. The number of hydrogen-bond donors (Lipinski definition) is 2. The Kier molecular flexibility index (Phi) is 4.02. The van der Waals surface area contributed by atoms with Crippen molar-refractivity contribution in [1.29, 1.82) is 0 Å². The number of nitrogens with one attached hydrogen (secondary N) is 1. The van der Waals surface area contributed by atoms with E-state index in [4.69, 9.17) is 5.11 Å². The van der Waals surface area contributed by atoms with Crippen LogP contribution in [0.25, 0.3) is 0 Å². The van der Waals surface area contributed by atoms with Gasteiger partial charge in [-0.1, -0.05) is 0 Å². The maximum absolute atomic E-state index is 13.3. The maximum Gasteiger partial charge on any atom is 0.337 e. The second-order valence-corrected chi connectivity index (χ2v) is 4.44. The Morgan fingerprint density at radius 3 is 2.71 bits per heavy atom. The van der Waals surface area contributed by atoms with E-state index in [2.05, 4.69) is 10.4 Å². The van der Waals surface area contributed by atoms with Crippen LogP contribution in [0.3, 0.4) is 0 Å². The molecule has 0 aliphatic heterocycles. The Morgan fingerprint density at radius 1 is 1.38 bits per heavy atom. The van der Waals surface area contributed by atoms with Crippen molar-refractivity contribution in [2.24, 2.45) is 0 Å². The van der Waals surface area contributed by atoms with Crippen molar-refractivity contribution in [1.82, 2.24) is 9.78 Å². The maximum atomic E-state index is 13.3. The quantitative estimate of drug-likeness (QED) is 0.905. The lowest BCUT2D eigenvalue weighted by Gasteiger charge is -2.09. The van der Waals surface area contributed by atoms with Crippen LogP contribution in [0.4, 0.5) is 10.1 Å². The normalized spacial score (nSPS) is 10.4. The van der Waals surface area contributed by atoms with Crippen LogP contribution in [0.5, 0.6) is 0 Å². The first kappa shape index (κ1) is 14.7. The molecule has 0 radical (unpaired) electrons. The summed E-state index contributed by atoms with van der Waals surface area (Å²) in [6.45, 7) is 4.06. The van der Waals surface area contributed by atoms with Crippen molar-refractivity contribution >= 4 is 17.6 Å². The summed E-state index contributed by atoms with van der Waals surface area (Å²) < 4.78 is 14.7. The molecule has 7 heteroatoms. The first-order chi connectivity index (χ1) is 9.92. The summed E-state index contributed by atoms with van der Waals surface area (Å²) >= 11 is 0. The largest absolute Gasteiger partial charge is 0.478 e. The van der Waals surface area contributed by atoms with Gasteiger partial charge in [-0.2, -0.15) is 5.10 Å². The Balaban J connectivity index is 2.35. The van der Waals surface area contributed by atoms with Crippen molar-refractivity contribution in [3.8, 4) is 0 Å². The van der Waals surface area contributed by atoms with Gasteiger partial charge >= 0.3 is 5.97 Å². The van der Waals surface area contributed by atoms with Gasteiger partial charge in [-0.05, 0) is 38.1 Å². The fraction of sp³-hybridized carbons (Fsp3) is 0.214. The molecule has 0 bridgehead atoms. The van der Waals surface area contributed by atoms with Crippen LogP contribution in [-0.4, -0.2) is 26.8 Å². The number of hydrogen-bond acceptors (Lipinski definition) is 3. The molecular weight excluding hydrogens is 277 g/mol.